The molecule has 0 radical (unpaired) electrons. The Morgan fingerprint density at radius 2 is 1.41 bits per heavy atom. The zero-order valence-corrected chi connectivity index (χ0v) is 20.1. The number of halogens is 1. The van der Waals surface area contributed by atoms with Crippen molar-refractivity contribution in [3.63, 3.8) is 0 Å². The van der Waals surface area contributed by atoms with Gasteiger partial charge < -0.3 is 14.2 Å². The molecule has 1 aliphatic carbocycles. The first kappa shape index (κ1) is 25.2. The highest BCUT2D eigenvalue weighted by Crippen LogP contribution is 2.37. The van der Waals surface area contributed by atoms with E-state index in [-0.39, 0.29) is 12.3 Å². The molecule has 3 rings (SSSR count). The number of hydrogen-bond donors (Lipinski definition) is 0. The number of benzene rings is 2. The lowest BCUT2D eigenvalue weighted by atomic mass is 9.75. The maximum atomic E-state index is 16.1. The summed E-state index contributed by atoms with van der Waals surface area (Å²) in [6.07, 6.45) is 7.83. The Kier molecular flexibility index (Phi) is 8.26. The van der Waals surface area contributed by atoms with Crippen LogP contribution in [-0.4, -0.2) is 38.6 Å². The van der Waals surface area contributed by atoms with Gasteiger partial charge in [0.1, 0.15) is 5.75 Å². The molecule has 0 saturated heterocycles. The van der Waals surface area contributed by atoms with E-state index in [1.54, 1.807) is 31.4 Å². The SMILES string of the molecule is COc1cc(/C=C/C(=O)C(F)(CC2CCC2)C(=O)/C=C/c2ccc(OC)c(OC)c2)ccc1C. The van der Waals surface area contributed by atoms with Crippen molar-refractivity contribution in [3.8, 4) is 17.2 Å². The standard InChI is InChI=1S/C28H31FO5/c1-19-8-9-20(16-24(19)33-3)11-14-26(30)28(29,18-22-6-5-7-22)27(31)15-12-21-10-13-23(32-2)25(17-21)34-4/h8-17,22H,5-7,18H2,1-4H3/b14-11+,15-12+. The molecule has 6 heteroatoms. The van der Waals surface area contributed by atoms with Gasteiger partial charge in [0, 0.05) is 0 Å². The third kappa shape index (κ3) is 5.74. The lowest BCUT2D eigenvalue weighted by Gasteiger charge is -2.31. The lowest BCUT2D eigenvalue weighted by molar-refractivity contribution is -0.139. The van der Waals surface area contributed by atoms with Gasteiger partial charge in [0.05, 0.1) is 21.3 Å². The molecule has 2 aromatic rings. The van der Waals surface area contributed by atoms with Crippen LogP contribution in [-0.2, 0) is 9.59 Å². The van der Waals surface area contributed by atoms with Crippen LogP contribution in [0.3, 0.4) is 0 Å². The average molecular weight is 467 g/mol. The first-order valence-electron chi connectivity index (χ1n) is 11.3. The van der Waals surface area contributed by atoms with E-state index in [0.717, 1.165) is 37.0 Å². The molecule has 5 nitrogen and oxygen atoms in total. The Hall–Kier alpha value is -3.41. The van der Waals surface area contributed by atoms with Gasteiger partial charge in [-0.15, -0.1) is 0 Å². The van der Waals surface area contributed by atoms with Crippen LogP contribution in [0.25, 0.3) is 12.2 Å². The molecule has 0 N–H and O–H groups in total. The molecule has 1 aliphatic rings. The van der Waals surface area contributed by atoms with E-state index < -0.39 is 17.2 Å². The molecule has 1 atom stereocenters. The first-order chi connectivity index (χ1) is 16.3. The highest BCUT2D eigenvalue weighted by Gasteiger charge is 2.45. The summed E-state index contributed by atoms with van der Waals surface area (Å²) in [6, 6.07) is 10.5. The number of allylic oxidation sites excluding steroid dienone is 2. The van der Waals surface area contributed by atoms with Gasteiger partial charge in [-0.25, -0.2) is 4.39 Å². The van der Waals surface area contributed by atoms with Gasteiger partial charge >= 0.3 is 0 Å². The van der Waals surface area contributed by atoms with E-state index in [1.165, 1.54) is 26.4 Å². The second-order valence-electron chi connectivity index (χ2n) is 8.54. The summed E-state index contributed by atoms with van der Waals surface area (Å²) in [5.74, 6) is 0.0328. The molecule has 2 aromatic carbocycles. The minimum absolute atomic E-state index is 0.0280. The third-order valence-corrected chi connectivity index (χ3v) is 6.27. The van der Waals surface area contributed by atoms with Crippen molar-refractivity contribution in [2.24, 2.45) is 5.92 Å². The van der Waals surface area contributed by atoms with Crippen molar-refractivity contribution in [2.45, 2.75) is 38.3 Å². The van der Waals surface area contributed by atoms with E-state index in [9.17, 15) is 9.59 Å². The van der Waals surface area contributed by atoms with Crippen LogP contribution >= 0.6 is 0 Å². The summed E-state index contributed by atoms with van der Waals surface area (Å²) in [6.45, 7) is 1.91. The minimum Gasteiger partial charge on any atom is -0.496 e. The van der Waals surface area contributed by atoms with Gasteiger partial charge in [0.2, 0.25) is 17.2 Å². The molecule has 0 heterocycles. The van der Waals surface area contributed by atoms with E-state index in [1.807, 2.05) is 19.1 Å². The Balaban J connectivity index is 1.83. The molecule has 34 heavy (non-hydrogen) atoms. The van der Waals surface area contributed by atoms with Gasteiger partial charge in [-0.05, 0) is 66.3 Å². The summed E-state index contributed by atoms with van der Waals surface area (Å²) in [4.78, 5) is 26.0. The monoisotopic (exact) mass is 466 g/mol. The largest absolute Gasteiger partial charge is 0.496 e. The number of ketones is 2. The molecule has 0 bridgehead atoms. The molecule has 0 amide bonds. The topological polar surface area (TPSA) is 61.8 Å². The van der Waals surface area contributed by atoms with Gasteiger partial charge in [0.25, 0.3) is 0 Å². The van der Waals surface area contributed by atoms with E-state index >= 15 is 4.39 Å². The quantitative estimate of drug-likeness (QED) is 0.310. The van der Waals surface area contributed by atoms with E-state index in [2.05, 4.69) is 0 Å². The van der Waals surface area contributed by atoms with Gasteiger partial charge in [-0.1, -0.05) is 49.6 Å². The van der Waals surface area contributed by atoms with Crippen LogP contribution < -0.4 is 14.2 Å². The maximum Gasteiger partial charge on any atom is 0.234 e. The second-order valence-corrected chi connectivity index (χ2v) is 8.54. The van der Waals surface area contributed by atoms with Gasteiger partial charge in [-0.2, -0.15) is 0 Å². The number of carbonyl (C=O) groups is 2. The second kappa shape index (κ2) is 11.1. The number of methoxy groups -OCH3 is 3. The number of rotatable bonds is 11. The van der Waals surface area contributed by atoms with Crippen LogP contribution in [0.1, 0.15) is 42.4 Å². The van der Waals surface area contributed by atoms with Crippen molar-refractivity contribution in [2.75, 3.05) is 21.3 Å². The summed E-state index contributed by atoms with van der Waals surface area (Å²) in [5.41, 5.74) is -0.336. The normalized spacial score (nSPS) is 15.7. The van der Waals surface area contributed by atoms with Crippen molar-refractivity contribution >= 4 is 23.7 Å². The van der Waals surface area contributed by atoms with Crippen LogP contribution in [0.2, 0.25) is 0 Å². The Morgan fingerprint density at radius 3 is 1.91 bits per heavy atom. The lowest BCUT2D eigenvalue weighted by Crippen LogP contribution is -2.43. The van der Waals surface area contributed by atoms with E-state index in [0.29, 0.717) is 28.4 Å². The van der Waals surface area contributed by atoms with Gasteiger partial charge in [0.15, 0.2) is 11.5 Å². The molecular weight excluding hydrogens is 435 g/mol. The van der Waals surface area contributed by atoms with Crippen LogP contribution in [0.15, 0.2) is 48.6 Å². The predicted octanol–water partition coefficient (Wildman–Crippen LogP) is 5.78. The summed E-state index contributed by atoms with van der Waals surface area (Å²) in [5, 5.41) is 0. The number of carbonyl (C=O) groups excluding carboxylic acids is 2. The molecular formula is C28H31FO5. The van der Waals surface area contributed by atoms with Crippen LogP contribution in [0.5, 0.6) is 17.2 Å². The molecule has 180 valence electrons. The first-order valence-corrected chi connectivity index (χ1v) is 11.3. The zero-order chi connectivity index (χ0) is 24.7. The summed E-state index contributed by atoms with van der Waals surface area (Å²) >= 11 is 0. The summed E-state index contributed by atoms with van der Waals surface area (Å²) in [7, 11) is 4.60. The Morgan fingerprint density at radius 1 is 0.882 bits per heavy atom. The van der Waals surface area contributed by atoms with Crippen molar-refractivity contribution < 1.29 is 28.2 Å². The fourth-order valence-electron chi connectivity index (χ4n) is 3.92. The maximum absolute atomic E-state index is 16.1. The number of aryl methyl sites for hydroxylation is 1. The highest BCUT2D eigenvalue weighted by molar-refractivity contribution is 6.20. The number of hydrogen-bond acceptors (Lipinski definition) is 5. The fourth-order valence-corrected chi connectivity index (χ4v) is 3.92. The van der Waals surface area contributed by atoms with Crippen LogP contribution in [0, 0.1) is 12.8 Å². The number of ether oxygens (including phenoxy) is 3. The average Bonchev–Trinajstić information content (AvgIpc) is 2.83. The van der Waals surface area contributed by atoms with Gasteiger partial charge in [-0.3, -0.25) is 9.59 Å². The molecule has 0 aromatic heterocycles. The highest BCUT2D eigenvalue weighted by atomic mass is 19.1. The van der Waals surface area contributed by atoms with Crippen molar-refractivity contribution in [1.82, 2.24) is 0 Å². The van der Waals surface area contributed by atoms with E-state index in [4.69, 9.17) is 14.2 Å². The van der Waals surface area contributed by atoms with Crippen molar-refractivity contribution in [3.05, 3.63) is 65.2 Å². The van der Waals surface area contributed by atoms with Crippen molar-refractivity contribution in [1.29, 1.82) is 0 Å². The molecule has 0 spiro atoms. The smallest absolute Gasteiger partial charge is 0.234 e. The summed E-state index contributed by atoms with van der Waals surface area (Å²) < 4.78 is 31.8. The minimum atomic E-state index is -2.61. The predicted molar refractivity (Wildman–Crippen MR) is 131 cm³/mol. The molecule has 1 fully saturated rings. The molecule has 1 unspecified atom stereocenters. The fraction of sp³-hybridized carbons (Fsp3) is 0.357. The zero-order valence-electron chi connectivity index (χ0n) is 20.1. The molecule has 1 saturated carbocycles. The third-order valence-electron chi connectivity index (χ3n) is 6.27. The molecule has 0 aliphatic heterocycles. The Bertz CT molecular complexity index is 1100. The van der Waals surface area contributed by atoms with Crippen LogP contribution in [0.4, 0.5) is 4.39 Å². The number of alkyl halides is 1. The Labute approximate surface area is 200 Å².